The summed E-state index contributed by atoms with van der Waals surface area (Å²) in [5.41, 5.74) is 0. The molecule has 0 heterocycles. The van der Waals surface area contributed by atoms with Crippen LogP contribution in [0.15, 0.2) is 0 Å². The van der Waals surface area contributed by atoms with E-state index in [1.807, 2.05) is 0 Å². The maximum absolute atomic E-state index is 9.75. The van der Waals surface area contributed by atoms with Gasteiger partial charge in [0.15, 0.2) is 0 Å². The minimum absolute atomic E-state index is 0.311. The molecule has 2 heteroatoms. The van der Waals surface area contributed by atoms with Gasteiger partial charge in [0.2, 0.25) is 0 Å². The molecule has 0 saturated heterocycles. The van der Waals surface area contributed by atoms with Crippen molar-refractivity contribution in [2.24, 2.45) is 0 Å². The van der Waals surface area contributed by atoms with Gasteiger partial charge in [-0.1, -0.05) is 180 Å². The lowest BCUT2D eigenvalue weighted by Gasteiger charge is -2.11. The van der Waals surface area contributed by atoms with E-state index in [0.29, 0.717) is 6.42 Å². The lowest BCUT2D eigenvalue weighted by molar-refractivity contribution is 0.0834. The van der Waals surface area contributed by atoms with Crippen molar-refractivity contribution in [3.8, 4) is 0 Å². The van der Waals surface area contributed by atoms with E-state index < -0.39 is 0 Å². The third-order valence-electron chi connectivity index (χ3n) is 7.75. The van der Waals surface area contributed by atoms with Gasteiger partial charge in [0, 0.05) is 0 Å². The predicted molar refractivity (Wildman–Crippen MR) is 157 cm³/mol. The molecule has 0 radical (unpaired) electrons. The van der Waals surface area contributed by atoms with Crippen molar-refractivity contribution in [2.45, 2.75) is 212 Å². The number of hydrogen-bond acceptors (Lipinski definition) is 2. The second-order valence-electron chi connectivity index (χ2n) is 11.7. The van der Waals surface area contributed by atoms with E-state index in [1.54, 1.807) is 6.92 Å². The first-order chi connectivity index (χ1) is 17.2. The first kappa shape index (κ1) is 34.9. The maximum Gasteiger partial charge on any atom is 0.0564 e. The molecule has 0 fully saturated rings. The van der Waals surface area contributed by atoms with Crippen molar-refractivity contribution < 1.29 is 10.2 Å². The monoisotopic (exact) mass is 497 g/mol. The highest BCUT2D eigenvalue weighted by Crippen LogP contribution is 2.16. The average Bonchev–Trinajstić information content (AvgIpc) is 2.83. The average molecular weight is 497 g/mol. The van der Waals surface area contributed by atoms with Crippen LogP contribution in [0, 0.1) is 0 Å². The highest BCUT2D eigenvalue weighted by atomic mass is 16.3. The number of aliphatic hydroxyl groups excluding tert-OH is 2. The normalized spacial score (nSPS) is 13.4. The summed E-state index contributed by atoms with van der Waals surface area (Å²) < 4.78 is 0. The van der Waals surface area contributed by atoms with Crippen molar-refractivity contribution in [3.63, 3.8) is 0 Å². The molecule has 0 aromatic carbocycles. The van der Waals surface area contributed by atoms with Crippen molar-refractivity contribution in [1.82, 2.24) is 0 Å². The van der Waals surface area contributed by atoms with Crippen LogP contribution in [0.25, 0.3) is 0 Å². The predicted octanol–water partition coefficient (Wildman–Crippen LogP) is 11.1. The Morgan fingerprint density at radius 1 is 0.371 bits per heavy atom. The molecular formula is C33H68O2. The van der Waals surface area contributed by atoms with E-state index in [9.17, 15) is 10.2 Å². The Hall–Kier alpha value is -0.0800. The molecule has 0 aromatic heterocycles. The van der Waals surface area contributed by atoms with Gasteiger partial charge in [-0.05, 0) is 19.8 Å². The van der Waals surface area contributed by atoms with Crippen LogP contribution < -0.4 is 0 Å². The molecule has 0 aliphatic heterocycles. The Balaban J connectivity index is 3.05. The quantitative estimate of drug-likeness (QED) is 0.0970. The third kappa shape index (κ3) is 31.9. The minimum Gasteiger partial charge on any atom is -0.393 e. The second-order valence-corrected chi connectivity index (χ2v) is 11.7. The van der Waals surface area contributed by atoms with Crippen LogP contribution >= 0.6 is 0 Å². The smallest absolute Gasteiger partial charge is 0.0564 e. The van der Waals surface area contributed by atoms with Crippen LogP contribution in [0.3, 0.4) is 0 Å². The summed E-state index contributed by atoms with van der Waals surface area (Å²) in [5.74, 6) is 0. The lowest BCUT2D eigenvalue weighted by Crippen LogP contribution is -2.14. The molecule has 2 unspecified atom stereocenters. The fraction of sp³-hybridized carbons (Fsp3) is 1.00. The molecule has 2 nitrogen and oxygen atoms in total. The van der Waals surface area contributed by atoms with Crippen molar-refractivity contribution in [1.29, 1.82) is 0 Å². The van der Waals surface area contributed by atoms with Crippen molar-refractivity contribution >= 4 is 0 Å². The standard InChI is InChI=1S/C33H68O2/c1-3-4-5-6-7-8-9-10-11-12-13-14-15-16-17-18-19-20-21-22-23-24-25-26-27-28-29-30-33(35)31-32(2)34/h32-35H,3-31H2,1-2H3. The van der Waals surface area contributed by atoms with Gasteiger partial charge in [-0.25, -0.2) is 0 Å². The Kier molecular flexibility index (Phi) is 30.1. The van der Waals surface area contributed by atoms with Gasteiger partial charge in [-0.3, -0.25) is 0 Å². The Bertz CT molecular complexity index is 368. The fourth-order valence-corrected chi connectivity index (χ4v) is 5.38. The van der Waals surface area contributed by atoms with Crippen LogP contribution in [0.5, 0.6) is 0 Å². The molecule has 212 valence electrons. The molecule has 0 aromatic rings. The van der Waals surface area contributed by atoms with E-state index in [2.05, 4.69) is 6.92 Å². The minimum atomic E-state index is -0.376. The van der Waals surface area contributed by atoms with E-state index in [-0.39, 0.29) is 12.2 Å². The summed E-state index contributed by atoms with van der Waals surface area (Å²) in [4.78, 5) is 0. The molecule has 0 aliphatic rings. The summed E-state index contributed by atoms with van der Waals surface area (Å²) in [6, 6.07) is 0. The van der Waals surface area contributed by atoms with Crippen LogP contribution in [0.1, 0.15) is 200 Å². The van der Waals surface area contributed by atoms with Crippen LogP contribution in [0.4, 0.5) is 0 Å². The van der Waals surface area contributed by atoms with Crippen LogP contribution in [-0.4, -0.2) is 22.4 Å². The summed E-state index contributed by atoms with van der Waals surface area (Å²) in [6.07, 6.45) is 39.1. The first-order valence-electron chi connectivity index (χ1n) is 16.5. The lowest BCUT2D eigenvalue weighted by atomic mass is 10.0. The van der Waals surface area contributed by atoms with Gasteiger partial charge in [-0.15, -0.1) is 0 Å². The second kappa shape index (κ2) is 30.1. The zero-order chi connectivity index (χ0) is 25.7. The topological polar surface area (TPSA) is 40.5 Å². The van der Waals surface area contributed by atoms with Crippen LogP contribution in [0.2, 0.25) is 0 Å². The Labute approximate surface area is 222 Å². The Morgan fingerprint density at radius 3 is 0.829 bits per heavy atom. The maximum atomic E-state index is 9.75. The highest BCUT2D eigenvalue weighted by molar-refractivity contribution is 4.60. The van der Waals surface area contributed by atoms with E-state index >= 15 is 0 Å². The van der Waals surface area contributed by atoms with Gasteiger partial charge in [0.25, 0.3) is 0 Å². The van der Waals surface area contributed by atoms with Crippen molar-refractivity contribution in [3.05, 3.63) is 0 Å². The zero-order valence-corrected chi connectivity index (χ0v) is 24.6. The Morgan fingerprint density at radius 2 is 0.600 bits per heavy atom. The molecule has 0 rings (SSSR count). The summed E-state index contributed by atoms with van der Waals surface area (Å²) in [5, 5.41) is 19.0. The number of rotatable bonds is 30. The molecule has 0 aliphatic carbocycles. The van der Waals surface area contributed by atoms with Gasteiger partial charge in [-0.2, -0.15) is 0 Å². The van der Waals surface area contributed by atoms with Gasteiger partial charge in [0.05, 0.1) is 12.2 Å². The van der Waals surface area contributed by atoms with Gasteiger partial charge in [0.1, 0.15) is 0 Å². The van der Waals surface area contributed by atoms with Crippen LogP contribution in [-0.2, 0) is 0 Å². The van der Waals surface area contributed by atoms with E-state index in [4.69, 9.17) is 0 Å². The molecule has 35 heavy (non-hydrogen) atoms. The molecule has 0 bridgehead atoms. The zero-order valence-electron chi connectivity index (χ0n) is 24.6. The molecule has 0 saturated carbocycles. The molecular weight excluding hydrogens is 428 g/mol. The fourth-order valence-electron chi connectivity index (χ4n) is 5.38. The molecule has 0 spiro atoms. The number of unbranched alkanes of at least 4 members (excludes halogenated alkanes) is 26. The highest BCUT2D eigenvalue weighted by Gasteiger charge is 2.07. The number of hydrogen-bond donors (Lipinski definition) is 2. The van der Waals surface area contributed by atoms with Gasteiger partial charge >= 0.3 is 0 Å². The summed E-state index contributed by atoms with van der Waals surface area (Å²) in [7, 11) is 0. The molecule has 2 atom stereocenters. The molecule has 0 amide bonds. The van der Waals surface area contributed by atoms with E-state index in [1.165, 1.54) is 167 Å². The largest absolute Gasteiger partial charge is 0.393 e. The summed E-state index contributed by atoms with van der Waals surface area (Å²) in [6.45, 7) is 4.05. The van der Waals surface area contributed by atoms with Crippen molar-refractivity contribution in [2.75, 3.05) is 0 Å². The molecule has 2 N–H and O–H groups in total. The van der Waals surface area contributed by atoms with E-state index in [0.717, 1.165) is 12.8 Å². The van der Waals surface area contributed by atoms with Gasteiger partial charge < -0.3 is 10.2 Å². The summed E-state index contributed by atoms with van der Waals surface area (Å²) >= 11 is 0. The SMILES string of the molecule is CCCCCCCCCCCCCCCCCCCCCCCCCCCCCC(O)CC(C)O. The first-order valence-corrected chi connectivity index (χ1v) is 16.5. The third-order valence-corrected chi connectivity index (χ3v) is 7.75. The number of aliphatic hydroxyl groups is 2.